The molecular weight excluding hydrogens is 150 g/mol. The summed E-state index contributed by atoms with van der Waals surface area (Å²) in [6, 6.07) is 7.38. The van der Waals surface area contributed by atoms with Crippen LogP contribution in [0.5, 0.6) is 0 Å². The molecular formula is C10H13NO. The number of rotatable bonds is 3. The lowest BCUT2D eigenvalue weighted by atomic mass is 10.1. The normalized spacial score (nSPS) is 12.5. The molecule has 0 heterocycles. The molecule has 12 heavy (non-hydrogen) atoms. The predicted octanol–water partition coefficient (Wildman–Crippen LogP) is 1.32. The summed E-state index contributed by atoms with van der Waals surface area (Å²) >= 11 is 0. The smallest absolute Gasteiger partial charge is 0.0624 e. The van der Waals surface area contributed by atoms with Crippen LogP contribution < -0.4 is 5.73 Å². The molecule has 64 valence electrons. The van der Waals surface area contributed by atoms with Crippen molar-refractivity contribution in [1.29, 1.82) is 0 Å². The highest BCUT2D eigenvalue weighted by molar-refractivity contribution is 5.48. The molecule has 1 aromatic rings. The van der Waals surface area contributed by atoms with Crippen LogP contribution in [0.25, 0.3) is 6.08 Å². The van der Waals surface area contributed by atoms with Gasteiger partial charge in [0.1, 0.15) is 0 Å². The summed E-state index contributed by atoms with van der Waals surface area (Å²) in [6.07, 6.45) is 1.76. The Morgan fingerprint density at radius 1 is 1.58 bits per heavy atom. The number of aliphatic hydroxyl groups excluding tert-OH is 1. The first-order valence-corrected chi connectivity index (χ1v) is 3.86. The van der Waals surface area contributed by atoms with Crippen LogP contribution in [0.3, 0.4) is 0 Å². The van der Waals surface area contributed by atoms with Crippen LogP contribution >= 0.6 is 0 Å². The Kier molecular flexibility index (Phi) is 3.02. The largest absolute Gasteiger partial charge is 0.394 e. The van der Waals surface area contributed by atoms with E-state index in [4.69, 9.17) is 10.8 Å². The molecule has 2 nitrogen and oxygen atoms in total. The van der Waals surface area contributed by atoms with Gasteiger partial charge in [0.05, 0.1) is 12.6 Å². The van der Waals surface area contributed by atoms with Crippen LogP contribution in [0.4, 0.5) is 0 Å². The lowest BCUT2D eigenvalue weighted by Gasteiger charge is -2.08. The molecule has 0 fully saturated rings. The van der Waals surface area contributed by atoms with E-state index < -0.39 is 0 Å². The first-order chi connectivity index (χ1) is 5.77. The molecule has 1 atom stereocenters. The van der Waals surface area contributed by atoms with Crippen LogP contribution in [-0.4, -0.2) is 11.7 Å². The Morgan fingerprint density at radius 2 is 2.33 bits per heavy atom. The van der Waals surface area contributed by atoms with Gasteiger partial charge in [0, 0.05) is 0 Å². The van der Waals surface area contributed by atoms with E-state index in [9.17, 15) is 0 Å². The number of nitrogens with two attached hydrogens (primary N) is 1. The van der Waals surface area contributed by atoms with Crippen LogP contribution in [-0.2, 0) is 0 Å². The molecule has 0 aliphatic carbocycles. The van der Waals surface area contributed by atoms with E-state index in [-0.39, 0.29) is 12.6 Å². The molecule has 0 radical (unpaired) electrons. The van der Waals surface area contributed by atoms with Crippen molar-refractivity contribution in [1.82, 2.24) is 0 Å². The van der Waals surface area contributed by atoms with Crippen molar-refractivity contribution < 1.29 is 5.11 Å². The highest BCUT2D eigenvalue weighted by Crippen LogP contribution is 2.12. The summed E-state index contributed by atoms with van der Waals surface area (Å²) < 4.78 is 0. The molecule has 1 rings (SSSR count). The van der Waals surface area contributed by atoms with Crippen molar-refractivity contribution in [2.45, 2.75) is 6.04 Å². The Labute approximate surface area is 72.3 Å². The topological polar surface area (TPSA) is 46.2 Å². The Morgan fingerprint density at radius 3 is 2.92 bits per heavy atom. The zero-order valence-electron chi connectivity index (χ0n) is 6.90. The van der Waals surface area contributed by atoms with Gasteiger partial charge >= 0.3 is 0 Å². The quantitative estimate of drug-likeness (QED) is 0.706. The van der Waals surface area contributed by atoms with Crippen LogP contribution in [0.2, 0.25) is 0 Å². The molecule has 0 bridgehead atoms. The van der Waals surface area contributed by atoms with Gasteiger partial charge in [-0.3, -0.25) is 0 Å². The van der Waals surface area contributed by atoms with E-state index in [2.05, 4.69) is 6.58 Å². The van der Waals surface area contributed by atoms with Crippen LogP contribution in [0.1, 0.15) is 17.2 Å². The SMILES string of the molecule is C=Cc1cccc(C(N)CO)c1. The Bertz CT molecular complexity index is 270. The van der Waals surface area contributed by atoms with Crippen LogP contribution in [0.15, 0.2) is 30.8 Å². The highest BCUT2D eigenvalue weighted by Gasteiger charge is 2.02. The van der Waals surface area contributed by atoms with Gasteiger partial charge in [-0.05, 0) is 11.1 Å². The minimum atomic E-state index is -0.287. The Hall–Kier alpha value is -1.12. The summed E-state index contributed by atoms with van der Waals surface area (Å²) in [6.45, 7) is 3.63. The van der Waals surface area contributed by atoms with Crippen molar-refractivity contribution in [3.63, 3.8) is 0 Å². The summed E-state index contributed by atoms with van der Waals surface area (Å²) in [5.41, 5.74) is 7.60. The minimum Gasteiger partial charge on any atom is -0.394 e. The molecule has 1 aromatic carbocycles. The second-order valence-corrected chi connectivity index (χ2v) is 2.66. The van der Waals surface area contributed by atoms with E-state index in [1.54, 1.807) is 6.08 Å². The van der Waals surface area contributed by atoms with E-state index in [1.165, 1.54) is 0 Å². The molecule has 1 unspecified atom stereocenters. The van der Waals surface area contributed by atoms with Crippen molar-refractivity contribution in [3.05, 3.63) is 42.0 Å². The number of aliphatic hydroxyl groups is 1. The number of benzene rings is 1. The van der Waals surface area contributed by atoms with Gasteiger partial charge in [0.25, 0.3) is 0 Å². The third-order valence-electron chi connectivity index (χ3n) is 1.77. The van der Waals surface area contributed by atoms with Gasteiger partial charge in [-0.25, -0.2) is 0 Å². The van der Waals surface area contributed by atoms with Crippen molar-refractivity contribution in [3.8, 4) is 0 Å². The van der Waals surface area contributed by atoms with E-state index in [1.807, 2.05) is 24.3 Å². The first kappa shape index (κ1) is 8.97. The third kappa shape index (κ3) is 1.94. The standard InChI is InChI=1S/C10H13NO/c1-2-8-4-3-5-9(6-8)10(11)7-12/h2-6,10,12H,1,7,11H2. The first-order valence-electron chi connectivity index (χ1n) is 3.86. The average Bonchev–Trinajstić information content (AvgIpc) is 2.17. The zero-order chi connectivity index (χ0) is 8.97. The molecule has 2 heteroatoms. The molecule has 0 spiro atoms. The fourth-order valence-corrected chi connectivity index (χ4v) is 1.02. The van der Waals surface area contributed by atoms with Gasteiger partial charge in [0.15, 0.2) is 0 Å². The lowest BCUT2D eigenvalue weighted by Crippen LogP contribution is -2.14. The van der Waals surface area contributed by atoms with Crippen LogP contribution in [0, 0.1) is 0 Å². The summed E-state index contributed by atoms with van der Waals surface area (Å²) in [4.78, 5) is 0. The molecule has 0 saturated carbocycles. The van der Waals surface area contributed by atoms with E-state index in [0.29, 0.717) is 0 Å². The molecule has 3 N–H and O–H groups in total. The molecule has 0 saturated heterocycles. The second kappa shape index (κ2) is 4.04. The summed E-state index contributed by atoms with van der Waals surface area (Å²) in [5, 5.41) is 8.80. The maximum atomic E-state index is 8.80. The van der Waals surface area contributed by atoms with Gasteiger partial charge in [-0.2, -0.15) is 0 Å². The molecule has 0 amide bonds. The highest BCUT2D eigenvalue weighted by atomic mass is 16.3. The fourth-order valence-electron chi connectivity index (χ4n) is 1.02. The van der Waals surface area contributed by atoms with Gasteiger partial charge in [-0.1, -0.05) is 36.9 Å². The lowest BCUT2D eigenvalue weighted by molar-refractivity contribution is 0.268. The van der Waals surface area contributed by atoms with E-state index in [0.717, 1.165) is 11.1 Å². The van der Waals surface area contributed by atoms with Gasteiger partial charge < -0.3 is 10.8 Å². The van der Waals surface area contributed by atoms with Crippen molar-refractivity contribution in [2.24, 2.45) is 5.73 Å². The molecule has 0 aliphatic heterocycles. The van der Waals surface area contributed by atoms with Crippen molar-refractivity contribution >= 4 is 6.08 Å². The molecule has 0 aromatic heterocycles. The number of hydrogen-bond donors (Lipinski definition) is 2. The monoisotopic (exact) mass is 163 g/mol. The predicted molar refractivity (Wildman–Crippen MR) is 50.5 cm³/mol. The van der Waals surface area contributed by atoms with E-state index >= 15 is 0 Å². The van der Waals surface area contributed by atoms with Crippen molar-refractivity contribution in [2.75, 3.05) is 6.61 Å². The third-order valence-corrected chi connectivity index (χ3v) is 1.77. The average molecular weight is 163 g/mol. The summed E-state index contributed by atoms with van der Waals surface area (Å²) in [5.74, 6) is 0. The fraction of sp³-hybridized carbons (Fsp3) is 0.200. The Balaban J connectivity index is 2.93. The summed E-state index contributed by atoms with van der Waals surface area (Å²) in [7, 11) is 0. The maximum absolute atomic E-state index is 8.80. The minimum absolute atomic E-state index is 0.0272. The second-order valence-electron chi connectivity index (χ2n) is 2.66. The van der Waals surface area contributed by atoms with Gasteiger partial charge in [0.2, 0.25) is 0 Å². The zero-order valence-corrected chi connectivity index (χ0v) is 6.90. The van der Waals surface area contributed by atoms with Gasteiger partial charge in [-0.15, -0.1) is 0 Å². The number of hydrogen-bond acceptors (Lipinski definition) is 2. The molecule has 0 aliphatic rings. The maximum Gasteiger partial charge on any atom is 0.0624 e.